The first-order valence-electron chi connectivity index (χ1n) is 5.01. The molecule has 78 valence electrons. The van der Waals surface area contributed by atoms with Crippen molar-refractivity contribution in [3.63, 3.8) is 0 Å². The summed E-state index contributed by atoms with van der Waals surface area (Å²) < 4.78 is 38.2. The summed E-state index contributed by atoms with van der Waals surface area (Å²) in [5.41, 5.74) is -1.33. The van der Waals surface area contributed by atoms with E-state index in [1.54, 1.807) is 6.92 Å². The largest absolute Gasteiger partial charge is 0.394 e. The quantitative estimate of drug-likeness (QED) is 0.633. The Morgan fingerprint density at radius 3 is 2.08 bits per heavy atom. The first-order chi connectivity index (χ1) is 5.94. The second-order valence-electron chi connectivity index (χ2n) is 4.20. The zero-order valence-electron chi connectivity index (χ0n) is 8.25. The summed E-state index contributed by atoms with van der Waals surface area (Å²) in [6.45, 7) is 3.69. The minimum atomic E-state index is -3.99. The maximum atomic E-state index is 12.7. The molecule has 0 aliphatic heterocycles. The average molecular weight is 194 g/mol. The van der Waals surface area contributed by atoms with Crippen molar-refractivity contribution in [2.45, 2.75) is 52.1 Å². The summed E-state index contributed by atoms with van der Waals surface area (Å²) in [4.78, 5) is 0. The topological polar surface area (TPSA) is 0 Å². The Kier molecular flexibility index (Phi) is 2.93. The van der Waals surface area contributed by atoms with E-state index in [1.165, 1.54) is 0 Å². The van der Waals surface area contributed by atoms with Gasteiger partial charge in [0.05, 0.1) is 5.41 Å². The van der Waals surface area contributed by atoms with E-state index in [2.05, 4.69) is 0 Å². The molecule has 0 heterocycles. The number of halogens is 3. The Labute approximate surface area is 77.5 Å². The second kappa shape index (κ2) is 3.50. The van der Waals surface area contributed by atoms with Crippen molar-refractivity contribution in [1.82, 2.24) is 0 Å². The summed E-state index contributed by atoms with van der Waals surface area (Å²) in [5, 5.41) is 0. The van der Waals surface area contributed by atoms with Gasteiger partial charge in [0.2, 0.25) is 0 Å². The Hall–Kier alpha value is -0.210. The average Bonchev–Trinajstić information content (AvgIpc) is 1.80. The fourth-order valence-electron chi connectivity index (χ4n) is 2.32. The minimum Gasteiger partial charge on any atom is -0.170 e. The van der Waals surface area contributed by atoms with E-state index in [4.69, 9.17) is 0 Å². The summed E-state index contributed by atoms with van der Waals surface area (Å²) in [6.07, 6.45) is -1.01. The van der Waals surface area contributed by atoms with Crippen molar-refractivity contribution in [3.8, 4) is 0 Å². The Balaban J connectivity index is 2.69. The van der Waals surface area contributed by atoms with Crippen LogP contribution in [0.15, 0.2) is 0 Å². The Morgan fingerprint density at radius 1 is 1.31 bits per heavy atom. The zero-order valence-corrected chi connectivity index (χ0v) is 8.25. The smallest absolute Gasteiger partial charge is 0.170 e. The van der Waals surface area contributed by atoms with E-state index in [9.17, 15) is 13.2 Å². The highest BCUT2D eigenvalue weighted by atomic mass is 19.4. The van der Waals surface area contributed by atoms with Gasteiger partial charge in [-0.15, -0.1) is 0 Å². The van der Waals surface area contributed by atoms with Gasteiger partial charge in [-0.25, -0.2) is 0 Å². The lowest BCUT2D eigenvalue weighted by atomic mass is 9.60. The van der Waals surface area contributed by atoms with Crippen molar-refractivity contribution in [3.05, 3.63) is 0 Å². The van der Waals surface area contributed by atoms with Crippen LogP contribution >= 0.6 is 0 Å². The van der Waals surface area contributed by atoms with Crippen LogP contribution in [-0.2, 0) is 0 Å². The van der Waals surface area contributed by atoms with Gasteiger partial charge in [0, 0.05) is 0 Å². The summed E-state index contributed by atoms with van der Waals surface area (Å²) in [6, 6.07) is 0. The molecular weight excluding hydrogens is 177 g/mol. The highest BCUT2D eigenvalue weighted by Crippen LogP contribution is 2.58. The lowest BCUT2D eigenvalue weighted by molar-refractivity contribution is -0.269. The maximum Gasteiger partial charge on any atom is 0.394 e. The van der Waals surface area contributed by atoms with Gasteiger partial charge in [-0.05, 0) is 18.8 Å². The van der Waals surface area contributed by atoms with Crippen LogP contribution in [-0.4, -0.2) is 6.18 Å². The third kappa shape index (κ3) is 1.70. The summed E-state index contributed by atoms with van der Waals surface area (Å²) in [5.74, 6) is -0.203. The predicted octanol–water partition coefficient (Wildman–Crippen LogP) is 4.16. The van der Waals surface area contributed by atoms with Crippen LogP contribution in [0, 0.1) is 11.3 Å². The monoisotopic (exact) mass is 194 g/mol. The van der Waals surface area contributed by atoms with E-state index in [0.29, 0.717) is 19.3 Å². The molecular formula is C10H17F3. The van der Waals surface area contributed by atoms with Crippen LogP contribution in [0.5, 0.6) is 0 Å². The molecule has 1 atom stereocenters. The molecule has 1 aliphatic rings. The fraction of sp³-hybridized carbons (Fsp3) is 1.00. The Morgan fingerprint density at radius 2 is 1.85 bits per heavy atom. The van der Waals surface area contributed by atoms with Crippen LogP contribution in [0.25, 0.3) is 0 Å². The molecule has 0 aromatic carbocycles. The second-order valence-corrected chi connectivity index (χ2v) is 4.20. The van der Waals surface area contributed by atoms with Gasteiger partial charge >= 0.3 is 6.18 Å². The minimum absolute atomic E-state index is 0.203. The van der Waals surface area contributed by atoms with Crippen molar-refractivity contribution in [2.75, 3.05) is 0 Å². The van der Waals surface area contributed by atoms with E-state index in [0.717, 1.165) is 12.8 Å². The highest BCUT2D eigenvalue weighted by Gasteiger charge is 2.60. The number of hydrogen-bond acceptors (Lipinski definition) is 0. The molecule has 0 spiro atoms. The molecule has 0 saturated heterocycles. The molecule has 1 unspecified atom stereocenters. The fourth-order valence-corrected chi connectivity index (χ4v) is 2.32. The molecule has 0 nitrogen and oxygen atoms in total. The normalized spacial score (nSPS) is 23.8. The van der Waals surface area contributed by atoms with Gasteiger partial charge in [-0.1, -0.05) is 33.1 Å². The van der Waals surface area contributed by atoms with Gasteiger partial charge in [0.1, 0.15) is 0 Å². The maximum absolute atomic E-state index is 12.7. The molecule has 0 N–H and O–H groups in total. The first kappa shape index (κ1) is 10.9. The zero-order chi connectivity index (χ0) is 10.1. The van der Waals surface area contributed by atoms with E-state index >= 15 is 0 Å². The number of rotatable bonds is 3. The van der Waals surface area contributed by atoms with Gasteiger partial charge in [-0.3, -0.25) is 0 Å². The van der Waals surface area contributed by atoms with Crippen LogP contribution < -0.4 is 0 Å². The molecule has 1 fully saturated rings. The van der Waals surface area contributed by atoms with Gasteiger partial charge in [0.15, 0.2) is 0 Å². The van der Waals surface area contributed by atoms with Crippen molar-refractivity contribution >= 4 is 0 Å². The number of alkyl halides is 3. The van der Waals surface area contributed by atoms with Gasteiger partial charge in [-0.2, -0.15) is 13.2 Å². The van der Waals surface area contributed by atoms with Crippen molar-refractivity contribution in [1.29, 1.82) is 0 Å². The van der Waals surface area contributed by atoms with Crippen LogP contribution in [0.2, 0.25) is 0 Å². The van der Waals surface area contributed by atoms with E-state index in [-0.39, 0.29) is 5.92 Å². The van der Waals surface area contributed by atoms with Gasteiger partial charge in [0.25, 0.3) is 0 Å². The Bertz CT molecular complexity index is 167. The van der Waals surface area contributed by atoms with Gasteiger partial charge < -0.3 is 0 Å². The molecule has 0 amide bonds. The molecule has 1 saturated carbocycles. The SMILES string of the molecule is CCCC(C)C1(C(F)(F)F)CCC1. The summed E-state index contributed by atoms with van der Waals surface area (Å²) in [7, 11) is 0. The van der Waals surface area contributed by atoms with Crippen LogP contribution in [0.1, 0.15) is 46.0 Å². The highest BCUT2D eigenvalue weighted by molar-refractivity contribution is 4.97. The molecule has 0 aromatic heterocycles. The lowest BCUT2D eigenvalue weighted by Crippen LogP contribution is -2.48. The predicted molar refractivity (Wildman–Crippen MR) is 46.4 cm³/mol. The van der Waals surface area contributed by atoms with Crippen molar-refractivity contribution in [2.24, 2.45) is 11.3 Å². The molecule has 0 radical (unpaired) electrons. The molecule has 0 bridgehead atoms. The van der Waals surface area contributed by atoms with Crippen LogP contribution in [0.4, 0.5) is 13.2 Å². The van der Waals surface area contributed by atoms with Crippen molar-refractivity contribution < 1.29 is 13.2 Å². The molecule has 13 heavy (non-hydrogen) atoms. The van der Waals surface area contributed by atoms with E-state index < -0.39 is 11.6 Å². The number of hydrogen-bond donors (Lipinski definition) is 0. The van der Waals surface area contributed by atoms with Crippen LogP contribution in [0.3, 0.4) is 0 Å². The lowest BCUT2D eigenvalue weighted by Gasteiger charge is -2.47. The van der Waals surface area contributed by atoms with E-state index in [1.807, 2.05) is 6.92 Å². The standard InChI is InChI=1S/C10H17F3/c1-3-5-8(2)9(6-4-7-9)10(11,12)13/h8H,3-7H2,1-2H3. The molecule has 0 aromatic rings. The first-order valence-corrected chi connectivity index (χ1v) is 5.01. The third-order valence-corrected chi connectivity index (χ3v) is 3.48. The third-order valence-electron chi connectivity index (χ3n) is 3.48. The summed E-state index contributed by atoms with van der Waals surface area (Å²) >= 11 is 0. The molecule has 3 heteroatoms. The molecule has 1 aliphatic carbocycles. The molecule has 1 rings (SSSR count).